The zero-order valence-electron chi connectivity index (χ0n) is 12.5. The van der Waals surface area contributed by atoms with Crippen molar-refractivity contribution in [1.82, 2.24) is 0 Å². The van der Waals surface area contributed by atoms with E-state index in [0.29, 0.717) is 22.7 Å². The highest BCUT2D eigenvalue weighted by Gasteiger charge is 2.28. The number of methoxy groups -OCH3 is 1. The van der Waals surface area contributed by atoms with E-state index in [0.717, 1.165) is 12.1 Å². The Bertz CT molecular complexity index is 497. The van der Waals surface area contributed by atoms with Gasteiger partial charge in [0.1, 0.15) is 0 Å². The third-order valence-electron chi connectivity index (χ3n) is 4.04. The van der Waals surface area contributed by atoms with Crippen molar-refractivity contribution < 1.29 is 9.53 Å². The first kappa shape index (κ1) is 14.7. The molecule has 0 saturated heterocycles. The fraction of sp³-hybridized carbons (Fsp3) is 0.562. The number of carbonyl (C=O) groups excluding carboxylic acids is 1. The number of esters is 1. The summed E-state index contributed by atoms with van der Waals surface area (Å²) in [5.41, 5.74) is 8.40. The maximum absolute atomic E-state index is 11.5. The van der Waals surface area contributed by atoms with Crippen molar-refractivity contribution in [2.24, 2.45) is 5.41 Å². The number of nitrogens with one attached hydrogen (secondary N) is 1. The summed E-state index contributed by atoms with van der Waals surface area (Å²) in [4.78, 5) is 11.5. The quantitative estimate of drug-likeness (QED) is 0.655. The lowest BCUT2D eigenvalue weighted by Gasteiger charge is -2.36. The maximum Gasteiger partial charge on any atom is 0.337 e. The summed E-state index contributed by atoms with van der Waals surface area (Å²) in [5.74, 6) is -0.359. The molecule has 110 valence electrons. The first-order valence-corrected chi connectivity index (χ1v) is 7.16. The van der Waals surface area contributed by atoms with Gasteiger partial charge in [-0.2, -0.15) is 0 Å². The van der Waals surface area contributed by atoms with Crippen LogP contribution in [-0.2, 0) is 4.74 Å². The third kappa shape index (κ3) is 3.44. The van der Waals surface area contributed by atoms with E-state index >= 15 is 0 Å². The first-order valence-electron chi connectivity index (χ1n) is 7.16. The first-order chi connectivity index (χ1) is 9.41. The van der Waals surface area contributed by atoms with Crippen LogP contribution in [-0.4, -0.2) is 19.1 Å². The van der Waals surface area contributed by atoms with Crippen molar-refractivity contribution in [3.8, 4) is 0 Å². The molecule has 1 aliphatic carbocycles. The highest BCUT2D eigenvalue weighted by Crippen LogP contribution is 2.37. The number of benzene rings is 1. The average molecular weight is 276 g/mol. The number of carbonyl (C=O) groups is 1. The molecule has 1 saturated carbocycles. The number of rotatable bonds is 3. The topological polar surface area (TPSA) is 64.3 Å². The zero-order valence-corrected chi connectivity index (χ0v) is 12.5. The van der Waals surface area contributed by atoms with Gasteiger partial charge in [0.25, 0.3) is 0 Å². The van der Waals surface area contributed by atoms with E-state index in [1.165, 1.54) is 26.4 Å². The van der Waals surface area contributed by atoms with E-state index in [4.69, 9.17) is 10.5 Å². The van der Waals surface area contributed by atoms with E-state index < -0.39 is 0 Å². The molecular weight excluding hydrogens is 252 g/mol. The zero-order chi connectivity index (χ0) is 14.8. The number of ether oxygens (including phenoxy) is 1. The Kier molecular flexibility index (Phi) is 4.21. The Hall–Kier alpha value is -1.71. The molecule has 4 nitrogen and oxygen atoms in total. The van der Waals surface area contributed by atoms with Gasteiger partial charge < -0.3 is 15.8 Å². The van der Waals surface area contributed by atoms with Crippen molar-refractivity contribution in [2.45, 2.75) is 45.6 Å². The average Bonchev–Trinajstić information content (AvgIpc) is 2.39. The predicted molar refractivity (Wildman–Crippen MR) is 81.9 cm³/mol. The van der Waals surface area contributed by atoms with Crippen LogP contribution in [0.5, 0.6) is 0 Å². The van der Waals surface area contributed by atoms with Gasteiger partial charge in [-0.25, -0.2) is 4.79 Å². The smallest absolute Gasteiger partial charge is 0.337 e. The summed E-state index contributed by atoms with van der Waals surface area (Å²) < 4.78 is 4.69. The third-order valence-corrected chi connectivity index (χ3v) is 4.04. The second-order valence-electron chi connectivity index (χ2n) is 6.40. The normalized spacial score (nSPS) is 21.2. The molecule has 0 amide bonds. The monoisotopic (exact) mass is 276 g/mol. The van der Waals surface area contributed by atoms with Gasteiger partial charge in [0.2, 0.25) is 0 Å². The lowest BCUT2D eigenvalue weighted by atomic mass is 9.75. The van der Waals surface area contributed by atoms with Gasteiger partial charge in [-0.1, -0.05) is 20.3 Å². The van der Waals surface area contributed by atoms with Gasteiger partial charge in [0.15, 0.2) is 0 Å². The highest BCUT2D eigenvalue weighted by molar-refractivity contribution is 5.91. The molecular formula is C16H24N2O2. The van der Waals surface area contributed by atoms with Crippen LogP contribution < -0.4 is 11.1 Å². The van der Waals surface area contributed by atoms with Gasteiger partial charge in [-0.3, -0.25) is 0 Å². The van der Waals surface area contributed by atoms with Crippen LogP contribution in [0, 0.1) is 5.41 Å². The van der Waals surface area contributed by atoms with E-state index in [1.807, 2.05) is 6.07 Å². The summed E-state index contributed by atoms with van der Waals surface area (Å²) in [6.07, 6.45) is 4.83. The Morgan fingerprint density at radius 3 is 2.80 bits per heavy atom. The van der Waals surface area contributed by atoms with E-state index in [1.54, 1.807) is 12.1 Å². The fourth-order valence-electron chi connectivity index (χ4n) is 2.98. The summed E-state index contributed by atoms with van der Waals surface area (Å²) in [6, 6.07) is 5.73. The maximum atomic E-state index is 11.5. The molecule has 20 heavy (non-hydrogen) atoms. The number of hydrogen-bond donors (Lipinski definition) is 2. The van der Waals surface area contributed by atoms with Crippen LogP contribution in [0.3, 0.4) is 0 Å². The van der Waals surface area contributed by atoms with Gasteiger partial charge in [-0.15, -0.1) is 0 Å². The number of nitrogen functional groups attached to an aromatic ring is 1. The fourth-order valence-corrected chi connectivity index (χ4v) is 2.98. The SMILES string of the molecule is COC(=O)c1ccc(N[C@H]2CCCC(C)(C)C2)c(N)c1. The molecule has 0 radical (unpaired) electrons. The van der Waals surface area contributed by atoms with Crippen molar-refractivity contribution in [1.29, 1.82) is 0 Å². The largest absolute Gasteiger partial charge is 0.465 e. The Balaban J connectivity index is 2.08. The second-order valence-corrected chi connectivity index (χ2v) is 6.40. The van der Waals surface area contributed by atoms with Crippen molar-refractivity contribution in [3.05, 3.63) is 23.8 Å². The minimum absolute atomic E-state index is 0.359. The van der Waals surface area contributed by atoms with Crippen LogP contribution in [0.1, 0.15) is 49.9 Å². The number of nitrogens with two attached hydrogens (primary N) is 1. The summed E-state index contributed by atoms with van der Waals surface area (Å²) >= 11 is 0. The van der Waals surface area contributed by atoms with Gasteiger partial charge in [0.05, 0.1) is 24.0 Å². The lowest BCUT2D eigenvalue weighted by molar-refractivity contribution is 0.0601. The van der Waals surface area contributed by atoms with E-state index in [2.05, 4.69) is 19.2 Å². The molecule has 0 aliphatic heterocycles. The molecule has 0 aromatic heterocycles. The standard InChI is InChI=1S/C16H24N2O2/c1-16(2)8-4-5-12(10-16)18-14-7-6-11(9-13(14)17)15(19)20-3/h6-7,9,12,18H,4-5,8,10,17H2,1-3H3/t12-/m0/s1. The van der Waals surface area contributed by atoms with Crippen molar-refractivity contribution >= 4 is 17.3 Å². The van der Waals surface area contributed by atoms with E-state index in [9.17, 15) is 4.79 Å². The van der Waals surface area contributed by atoms with Crippen LogP contribution in [0.4, 0.5) is 11.4 Å². The molecule has 1 aromatic rings. The Morgan fingerprint density at radius 1 is 1.45 bits per heavy atom. The minimum Gasteiger partial charge on any atom is -0.465 e. The summed E-state index contributed by atoms with van der Waals surface area (Å²) in [7, 11) is 1.37. The molecule has 1 aliphatic rings. The number of anilines is 2. The molecule has 0 unspecified atom stereocenters. The molecule has 1 fully saturated rings. The van der Waals surface area contributed by atoms with Crippen LogP contribution in [0.25, 0.3) is 0 Å². The van der Waals surface area contributed by atoms with Crippen molar-refractivity contribution in [3.63, 3.8) is 0 Å². The van der Waals surface area contributed by atoms with Gasteiger partial charge in [0, 0.05) is 6.04 Å². The summed E-state index contributed by atoms with van der Waals surface area (Å²) in [6.45, 7) is 4.62. The Morgan fingerprint density at radius 2 is 2.20 bits per heavy atom. The highest BCUT2D eigenvalue weighted by atomic mass is 16.5. The molecule has 0 bridgehead atoms. The minimum atomic E-state index is -0.359. The second kappa shape index (κ2) is 5.73. The molecule has 1 aromatic carbocycles. The van der Waals surface area contributed by atoms with Crippen molar-refractivity contribution in [2.75, 3.05) is 18.2 Å². The van der Waals surface area contributed by atoms with Gasteiger partial charge >= 0.3 is 5.97 Å². The predicted octanol–water partition coefficient (Wildman–Crippen LogP) is 3.44. The van der Waals surface area contributed by atoms with E-state index in [-0.39, 0.29) is 5.97 Å². The van der Waals surface area contributed by atoms with Crippen LogP contribution in [0.2, 0.25) is 0 Å². The number of hydrogen-bond acceptors (Lipinski definition) is 4. The molecule has 1 atom stereocenters. The molecule has 0 heterocycles. The molecule has 0 spiro atoms. The van der Waals surface area contributed by atoms with Crippen LogP contribution in [0.15, 0.2) is 18.2 Å². The Labute approximate surface area is 120 Å². The molecule has 3 N–H and O–H groups in total. The van der Waals surface area contributed by atoms with Gasteiger partial charge in [-0.05, 0) is 42.9 Å². The summed E-state index contributed by atoms with van der Waals surface area (Å²) in [5, 5.41) is 3.51. The molecule has 4 heteroatoms. The lowest BCUT2D eigenvalue weighted by Crippen LogP contribution is -2.32. The molecule has 2 rings (SSSR count). The van der Waals surface area contributed by atoms with Crippen LogP contribution >= 0.6 is 0 Å².